The fraction of sp³-hybridized carbons (Fsp3) is 0.414. The third-order valence-corrected chi connectivity index (χ3v) is 6.45. The highest BCUT2D eigenvalue weighted by molar-refractivity contribution is 5.85. The molecule has 0 bridgehead atoms. The Morgan fingerprint density at radius 2 is 1.97 bits per heavy atom. The van der Waals surface area contributed by atoms with E-state index in [1.807, 2.05) is 18.2 Å². The van der Waals surface area contributed by atoms with Gasteiger partial charge >= 0.3 is 0 Å². The van der Waals surface area contributed by atoms with Crippen LogP contribution in [0.4, 0.5) is 8.78 Å². The summed E-state index contributed by atoms with van der Waals surface area (Å²) < 4.78 is 25.4. The van der Waals surface area contributed by atoms with Crippen LogP contribution >= 0.6 is 0 Å². The lowest BCUT2D eigenvalue weighted by atomic mass is 9.88. The summed E-state index contributed by atoms with van der Waals surface area (Å²) in [4.78, 5) is 14.0. The lowest BCUT2D eigenvalue weighted by molar-refractivity contribution is 0.135. The maximum absolute atomic E-state index is 12.7. The van der Waals surface area contributed by atoms with Gasteiger partial charge in [-0.15, -0.1) is 6.42 Å². The van der Waals surface area contributed by atoms with Gasteiger partial charge in [0.2, 0.25) is 6.43 Å². The highest BCUT2D eigenvalue weighted by Crippen LogP contribution is 2.34. The molecular weight excluding hydrogens is 442 g/mol. The second-order valence-electron chi connectivity index (χ2n) is 9.26. The highest BCUT2D eigenvalue weighted by atomic mass is 19.3. The van der Waals surface area contributed by atoms with Crippen molar-refractivity contribution in [2.24, 2.45) is 16.6 Å². The van der Waals surface area contributed by atoms with E-state index < -0.39 is 6.43 Å². The molecule has 184 valence electrons. The first kappa shape index (κ1) is 26.4. The SMILES string of the molecule is C#Cc1ccc(-c2ncc(CN)cn2)c(C(C)CC2=C/C(CCCC(F)F)=C/CC(C)/C(C)=N\2)c1. The number of terminal acetylenes is 1. The smallest absolute Gasteiger partial charge is 0.238 e. The second-order valence-corrected chi connectivity index (χ2v) is 9.26. The summed E-state index contributed by atoms with van der Waals surface area (Å²) in [6.07, 6.45) is 13.7. The monoisotopic (exact) mass is 476 g/mol. The van der Waals surface area contributed by atoms with E-state index in [2.05, 4.69) is 48.8 Å². The van der Waals surface area contributed by atoms with Crippen LogP contribution in [0, 0.1) is 18.3 Å². The zero-order chi connectivity index (χ0) is 25.4. The maximum atomic E-state index is 12.7. The molecule has 1 aliphatic rings. The minimum Gasteiger partial charge on any atom is -0.326 e. The quantitative estimate of drug-likeness (QED) is 0.404. The lowest BCUT2D eigenvalue weighted by Gasteiger charge is -2.20. The van der Waals surface area contributed by atoms with E-state index in [0.29, 0.717) is 37.5 Å². The highest BCUT2D eigenvalue weighted by Gasteiger charge is 2.18. The van der Waals surface area contributed by atoms with Crippen molar-refractivity contribution < 1.29 is 8.78 Å². The van der Waals surface area contributed by atoms with Gasteiger partial charge in [-0.25, -0.2) is 18.7 Å². The molecule has 0 saturated carbocycles. The van der Waals surface area contributed by atoms with Gasteiger partial charge in [-0.05, 0) is 74.3 Å². The molecule has 4 nitrogen and oxygen atoms in total. The predicted octanol–water partition coefficient (Wildman–Crippen LogP) is 6.82. The number of allylic oxidation sites excluding steroid dienone is 4. The van der Waals surface area contributed by atoms with Crippen LogP contribution in [-0.2, 0) is 6.54 Å². The van der Waals surface area contributed by atoms with E-state index in [4.69, 9.17) is 17.1 Å². The molecule has 0 aliphatic carbocycles. The molecule has 0 fully saturated rings. The van der Waals surface area contributed by atoms with Gasteiger partial charge in [0.1, 0.15) is 0 Å². The van der Waals surface area contributed by atoms with Gasteiger partial charge in [0.15, 0.2) is 5.82 Å². The van der Waals surface area contributed by atoms with Crippen LogP contribution in [0.3, 0.4) is 0 Å². The average molecular weight is 477 g/mol. The first-order chi connectivity index (χ1) is 16.8. The number of nitrogens with two attached hydrogens (primary N) is 1. The van der Waals surface area contributed by atoms with Crippen molar-refractivity contribution >= 4 is 5.71 Å². The number of halogens is 2. The van der Waals surface area contributed by atoms with E-state index >= 15 is 0 Å². The van der Waals surface area contributed by atoms with Gasteiger partial charge in [0, 0.05) is 53.5 Å². The van der Waals surface area contributed by atoms with Crippen molar-refractivity contribution in [2.45, 2.75) is 71.8 Å². The molecule has 0 spiro atoms. The molecule has 2 heterocycles. The fourth-order valence-electron chi connectivity index (χ4n) is 4.17. The molecule has 35 heavy (non-hydrogen) atoms. The van der Waals surface area contributed by atoms with Gasteiger partial charge in [0.05, 0.1) is 0 Å². The Hall–Kier alpha value is -3.17. The Balaban J connectivity index is 1.93. The predicted molar refractivity (Wildman–Crippen MR) is 139 cm³/mol. The summed E-state index contributed by atoms with van der Waals surface area (Å²) in [5, 5.41) is 0. The van der Waals surface area contributed by atoms with Gasteiger partial charge in [0.25, 0.3) is 0 Å². The van der Waals surface area contributed by atoms with Gasteiger partial charge in [-0.1, -0.05) is 31.4 Å². The van der Waals surface area contributed by atoms with Crippen molar-refractivity contribution in [1.29, 1.82) is 0 Å². The van der Waals surface area contributed by atoms with Crippen molar-refractivity contribution in [3.8, 4) is 23.7 Å². The number of hydrogen-bond donors (Lipinski definition) is 1. The Kier molecular flexibility index (Phi) is 9.45. The molecule has 1 aromatic carbocycles. The van der Waals surface area contributed by atoms with Crippen LogP contribution in [0.5, 0.6) is 0 Å². The normalized spacial score (nSPS) is 21.5. The molecule has 2 atom stereocenters. The first-order valence-corrected chi connectivity index (χ1v) is 12.2. The molecule has 1 aromatic heterocycles. The second kappa shape index (κ2) is 12.5. The number of nitrogens with zero attached hydrogens (tertiary/aromatic N) is 3. The Morgan fingerprint density at radius 3 is 2.63 bits per heavy atom. The molecule has 1 aliphatic heterocycles. The first-order valence-electron chi connectivity index (χ1n) is 12.2. The van der Waals surface area contributed by atoms with E-state index in [-0.39, 0.29) is 12.3 Å². The molecule has 0 radical (unpaired) electrons. The molecule has 6 heteroatoms. The molecule has 2 N–H and O–H groups in total. The molecule has 2 aromatic rings. The van der Waals surface area contributed by atoms with E-state index in [9.17, 15) is 8.78 Å². The number of alkyl halides is 2. The summed E-state index contributed by atoms with van der Waals surface area (Å²) in [5.74, 6) is 3.73. The standard InChI is InChI=1S/C29H34F2N4/c1-5-22-11-12-26(29-33-17-24(16-32)18-34-29)27(15-22)20(3)13-25-14-23(7-6-8-28(30)31)10-9-19(2)21(4)35-25/h1,10-12,14-15,17-20,28H,6-9,13,16,32H2,2-4H3/b23-10+,25-14-,35-21-. The van der Waals surface area contributed by atoms with Gasteiger partial charge in [-0.2, -0.15) is 0 Å². The van der Waals surface area contributed by atoms with Crippen LogP contribution < -0.4 is 5.73 Å². The molecule has 0 saturated heterocycles. The Bertz CT molecular complexity index is 1140. The zero-order valence-electron chi connectivity index (χ0n) is 20.8. The van der Waals surface area contributed by atoms with Crippen LogP contribution in [0.1, 0.15) is 75.5 Å². The Labute approximate surface area is 207 Å². The van der Waals surface area contributed by atoms with Crippen molar-refractivity contribution in [3.63, 3.8) is 0 Å². The van der Waals surface area contributed by atoms with E-state index in [1.54, 1.807) is 12.4 Å². The summed E-state index contributed by atoms with van der Waals surface area (Å²) in [6.45, 7) is 6.73. The maximum Gasteiger partial charge on any atom is 0.238 e. The van der Waals surface area contributed by atoms with E-state index in [0.717, 1.165) is 45.7 Å². The molecule has 0 amide bonds. The van der Waals surface area contributed by atoms with E-state index in [1.165, 1.54) is 0 Å². The van der Waals surface area contributed by atoms with Gasteiger partial charge in [-0.3, -0.25) is 4.99 Å². The third-order valence-electron chi connectivity index (χ3n) is 6.45. The summed E-state index contributed by atoms with van der Waals surface area (Å²) in [5.41, 5.74) is 12.4. The van der Waals surface area contributed by atoms with Crippen LogP contribution in [-0.4, -0.2) is 22.1 Å². The number of benzene rings is 1. The zero-order valence-corrected chi connectivity index (χ0v) is 20.8. The van der Waals surface area contributed by atoms with Crippen LogP contribution in [0.25, 0.3) is 11.4 Å². The topological polar surface area (TPSA) is 64.2 Å². The minimum absolute atomic E-state index is 0.0796. The van der Waals surface area contributed by atoms with Crippen molar-refractivity contribution in [3.05, 3.63) is 70.7 Å². The Morgan fingerprint density at radius 1 is 1.23 bits per heavy atom. The molecule has 3 rings (SSSR count). The minimum atomic E-state index is -2.27. The molecule has 2 unspecified atom stereocenters. The lowest BCUT2D eigenvalue weighted by Crippen LogP contribution is -2.09. The van der Waals surface area contributed by atoms with Crippen molar-refractivity contribution in [2.75, 3.05) is 0 Å². The third kappa shape index (κ3) is 7.40. The number of hydrogen-bond acceptors (Lipinski definition) is 4. The molecular formula is C29H34F2N4. The summed E-state index contributed by atoms with van der Waals surface area (Å²) in [7, 11) is 0. The summed E-state index contributed by atoms with van der Waals surface area (Å²) in [6, 6.07) is 5.88. The number of aliphatic imine (C=N–C) groups is 1. The largest absolute Gasteiger partial charge is 0.326 e. The van der Waals surface area contributed by atoms with Gasteiger partial charge < -0.3 is 5.73 Å². The fourth-order valence-corrected chi connectivity index (χ4v) is 4.17. The van der Waals surface area contributed by atoms with Crippen LogP contribution in [0.15, 0.2) is 59.0 Å². The number of rotatable bonds is 9. The van der Waals surface area contributed by atoms with Crippen molar-refractivity contribution in [1.82, 2.24) is 9.97 Å². The average Bonchev–Trinajstić information content (AvgIpc) is 2.85. The number of aromatic nitrogens is 2. The van der Waals surface area contributed by atoms with Crippen LogP contribution in [0.2, 0.25) is 0 Å². The summed E-state index contributed by atoms with van der Waals surface area (Å²) >= 11 is 0.